The van der Waals surface area contributed by atoms with Crippen LogP contribution in [0.5, 0.6) is 0 Å². The summed E-state index contributed by atoms with van der Waals surface area (Å²) in [6, 6.07) is 6.15. The molecule has 2 rings (SSSR count). The molecule has 0 N–H and O–H groups in total. The Hall–Kier alpha value is -1.79. The van der Waals surface area contributed by atoms with Crippen molar-refractivity contribution < 1.29 is 43.7 Å². The van der Waals surface area contributed by atoms with Crippen molar-refractivity contribution in [2.75, 3.05) is 7.11 Å². The molecular formula is C12H13F5N2O4S. The van der Waals surface area contributed by atoms with Crippen molar-refractivity contribution in [1.29, 1.82) is 0 Å². The fourth-order valence-electron chi connectivity index (χ4n) is 2.03. The van der Waals surface area contributed by atoms with E-state index < -0.39 is 28.3 Å². The minimum atomic E-state index is -5.62. The average molecular weight is 376 g/mol. The first kappa shape index (κ1) is 20.3. The molecule has 0 fully saturated rings. The molecule has 6 nitrogen and oxygen atoms in total. The summed E-state index contributed by atoms with van der Waals surface area (Å²) in [5, 5.41) is 0. The molecule has 0 saturated carbocycles. The number of nitrogens with zero attached hydrogens (tertiary/aromatic N) is 2. The Kier molecular flexibility index (Phi) is 5.58. The van der Waals surface area contributed by atoms with Crippen LogP contribution in [0.3, 0.4) is 0 Å². The Morgan fingerprint density at radius 2 is 1.62 bits per heavy atom. The number of para-hydroxylation sites is 2. The van der Waals surface area contributed by atoms with Crippen molar-refractivity contribution in [3.05, 3.63) is 30.1 Å². The number of imidazole rings is 1. The summed E-state index contributed by atoms with van der Waals surface area (Å²) in [5.41, 5.74) is 0.637. The molecule has 0 aliphatic heterocycles. The van der Waals surface area contributed by atoms with Crippen LogP contribution in [0.4, 0.5) is 22.0 Å². The van der Waals surface area contributed by atoms with Gasteiger partial charge in [0.05, 0.1) is 21.2 Å². The van der Waals surface area contributed by atoms with E-state index in [9.17, 15) is 34.9 Å². The highest BCUT2D eigenvalue weighted by Gasteiger charge is 2.66. The summed E-state index contributed by atoms with van der Waals surface area (Å²) in [5.74, 6) is -5.98. The van der Waals surface area contributed by atoms with E-state index >= 15 is 0 Å². The third-order valence-electron chi connectivity index (χ3n) is 3.08. The average Bonchev–Trinajstić information content (AvgIpc) is 2.70. The lowest BCUT2D eigenvalue weighted by atomic mass is 10.3. The molecule has 2 aromatic rings. The van der Waals surface area contributed by atoms with Gasteiger partial charge in [-0.15, -0.1) is 0 Å². The van der Waals surface area contributed by atoms with E-state index in [1.165, 1.54) is 26.2 Å². The molecule has 0 spiro atoms. The summed E-state index contributed by atoms with van der Waals surface area (Å²) in [6.07, 6.45) is -5.62. The van der Waals surface area contributed by atoms with Gasteiger partial charge in [-0.05, 0) is 12.1 Å². The Labute approximate surface area is 134 Å². The first-order valence-corrected chi connectivity index (χ1v) is 7.47. The highest BCUT2D eigenvalue weighted by Crippen LogP contribution is 2.43. The zero-order chi connectivity index (χ0) is 18.9. The quantitative estimate of drug-likeness (QED) is 0.346. The third-order valence-corrected chi connectivity index (χ3v) is 3.49. The van der Waals surface area contributed by atoms with Gasteiger partial charge >= 0.3 is 17.9 Å². The molecular weight excluding hydrogens is 363 g/mol. The number of fused-ring (bicyclic) bond motifs is 1. The molecule has 0 atom stereocenters. The summed E-state index contributed by atoms with van der Waals surface area (Å²) >= 11 is 0. The number of hydrogen-bond donors (Lipinski definition) is 0. The van der Waals surface area contributed by atoms with Crippen LogP contribution in [0, 0.1) is 0 Å². The lowest BCUT2D eigenvalue weighted by Gasteiger charge is -2.16. The van der Waals surface area contributed by atoms with Crippen LogP contribution < -0.4 is 4.57 Å². The van der Waals surface area contributed by atoms with E-state index in [1.54, 1.807) is 12.1 Å². The third kappa shape index (κ3) is 3.99. The largest absolute Gasteiger partial charge is 0.726 e. The number of alkyl halides is 5. The molecule has 1 aromatic heterocycles. The van der Waals surface area contributed by atoms with Gasteiger partial charge in [-0.3, -0.25) is 4.18 Å². The zero-order valence-electron chi connectivity index (χ0n) is 12.6. The van der Waals surface area contributed by atoms with Crippen LogP contribution in [0.1, 0.15) is 5.82 Å². The van der Waals surface area contributed by atoms with Crippen LogP contribution >= 0.6 is 0 Å². The highest BCUT2D eigenvalue weighted by molar-refractivity contribution is 7.80. The second-order valence-corrected chi connectivity index (χ2v) is 5.73. The maximum atomic E-state index is 13.5. The van der Waals surface area contributed by atoms with Gasteiger partial charge in [0.1, 0.15) is 0 Å². The molecule has 0 unspecified atom stereocenters. The number of halogens is 5. The van der Waals surface area contributed by atoms with Crippen molar-refractivity contribution in [3.63, 3.8) is 0 Å². The fourth-order valence-corrected chi connectivity index (χ4v) is 2.03. The van der Waals surface area contributed by atoms with Gasteiger partial charge in [-0.2, -0.15) is 22.0 Å². The predicted octanol–water partition coefficient (Wildman–Crippen LogP) is 1.75. The molecule has 12 heteroatoms. The van der Waals surface area contributed by atoms with E-state index in [4.69, 9.17) is 0 Å². The summed E-state index contributed by atoms with van der Waals surface area (Å²) in [7, 11) is -1.22. The van der Waals surface area contributed by atoms with Crippen molar-refractivity contribution in [2.45, 2.75) is 12.1 Å². The second kappa shape index (κ2) is 6.61. The number of benzene rings is 1. The molecule has 0 amide bonds. The van der Waals surface area contributed by atoms with Gasteiger partial charge in [-0.1, -0.05) is 12.1 Å². The monoisotopic (exact) mass is 376 g/mol. The molecule has 0 radical (unpaired) electrons. The molecule has 24 heavy (non-hydrogen) atoms. The molecule has 0 bridgehead atoms. The van der Waals surface area contributed by atoms with Crippen LogP contribution in [0.25, 0.3) is 11.0 Å². The molecule has 0 aliphatic carbocycles. The predicted molar refractivity (Wildman–Crippen MR) is 70.8 cm³/mol. The topological polar surface area (TPSA) is 75.2 Å². The van der Waals surface area contributed by atoms with Crippen molar-refractivity contribution in [1.82, 2.24) is 4.57 Å². The summed E-state index contributed by atoms with van der Waals surface area (Å²) < 4.78 is 97.0. The number of rotatable bonds is 2. The maximum Gasteiger partial charge on any atom is 0.466 e. The first-order chi connectivity index (χ1) is 10.7. The van der Waals surface area contributed by atoms with Crippen molar-refractivity contribution >= 4 is 21.4 Å². The van der Waals surface area contributed by atoms with Crippen LogP contribution in [0.15, 0.2) is 24.3 Å². The maximum absolute atomic E-state index is 13.5. The van der Waals surface area contributed by atoms with E-state index in [1.807, 2.05) is 0 Å². The Balaban J connectivity index is 0.000000413. The highest BCUT2D eigenvalue weighted by atomic mass is 32.3. The van der Waals surface area contributed by atoms with Gasteiger partial charge < -0.3 is 4.55 Å². The minimum absolute atomic E-state index is 0.318. The molecule has 0 aliphatic rings. The summed E-state index contributed by atoms with van der Waals surface area (Å²) in [6.45, 7) is 0. The number of aromatic nitrogens is 2. The van der Waals surface area contributed by atoms with Gasteiger partial charge in [0, 0.05) is 0 Å². The smallest absolute Gasteiger partial charge is 0.466 e. The summed E-state index contributed by atoms with van der Waals surface area (Å²) in [4.78, 5) is 0. The number of hydrogen-bond acceptors (Lipinski definition) is 4. The Bertz CT molecular complexity index is 791. The minimum Gasteiger partial charge on any atom is -0.726 e. The van der Waals surface area contributed by atoms with Gasteiger partial charge in [0.25, 0.3) is 0 Å². The molecule has 136 valence electrons. The fraction of sp³-hybridized carbons (Fsp3) is 0.417. The Morgan fingerprint density at radius 3 is 2.00 bits per heavy atom. The van der Waals surface area contributed by atoms with Gasteiger partial charge in [0.15, 0.2) is 11.0 Å². The molecule has 1 aromatic carbocycles. The lowest BCUT2D eigenvalue weighted by molar-refractivity contribution is -0.667. The van der Waals surface area contributed by atoms with Gasteiger partial charge in [-0.25, -0.2) is 17.6 Å². The van der Waals surface area contributed by atoms with E-state index in [2.05, 4.69) is 4.18 Å². The van der Waals surface area contributed by atoms with E-state index in [-0.39, 0.29) is 0 Å². The van der Waals surface area contributed by atoms with E-state index in [0.717, 1.165) is 16.2 Å². The second-order valence-electron chi connectivity index (χ2n) is 4.58. The standard InChI is InChI=1S/C11H10F5N2.CH4O4S/c1-17-7-5-3-4-6-8(7)18(2)9(17)10(12,13)11(14,15)16;1-5-6(2,3)4/h3-6H,1-2H3;1H3,(H,2,3,4)/q+1;/p-1. The first-order valence-electron chi connectivity index (χ1n) is 6.14. The lowest BCUT2D eigenvalue weighted by Crippen LogP contribution is -2.46. The Morgan fingerprint density at radius 1 is 1.17 bits per heavy atom. The van der Waals surface area contributed by atoms with Crippen LogP contribution in [0.2, 0.25) is 0 Å². The van der Waals surface area contributed by atoms with E-state index in [0.29, 0.717) is 11.0 Å². The molecule has 0 saturated heterocycles. The van der Waals surface area contributed by atoms with Gasteiger partial charge in [0.2, 0.25) is 10.4 Å². The normalized spacial score (nSPS) is 12.9. The SMILES string of the molecule is COS(=O)(=O)[O-].Cn1c(C(F)(F)C(F)(F)F)[n+](C)c2ccccc21. The zero-order valence-corrected chi connectivity index (χ0v) is 13.5. The van der Waals surface area contributed by atoms with Crippen LogP contribution in [-0.4, -0.2) is 30.8 Å². The van der Waals surface area contributed by atoms with Crippen LogP contribution in [-0.2, 0) is 34.6 Å². The molecule has 1 heterocycles. The van der Waals surface area contributed by atoms with Crippen molar-refractivity contribution in [3.8, 4) is 0 Å². The van der Waals surface area contributed by atoms with Crippen molar-refractivity contribution in [2.24, 2.45) is 14.1 Å². The number of aryl methyl sites for hydroxylation is 2.